The summed E-state index contributed by atoms with van der Waals surface area (Å²) in [5, 5.41) is 39.8. The highest BCUT2D eigenvalue weighted by atomic mass is 35.5. The molecule has 0 fully saturated rings. The molecule has 0 aliphatic heterocycles. The molecule has 10 heteroatoms. The number of nitrogens with one attached hydrogen (secondary N) is 3. The van der Waals surface area contributed by atoms with Crippen molar-refractivity contribution in [2.45, 2.75) is 31.5 Å². The van der Waals surface area contributed by atoms with Crippen molar-refractivity contribution in [3.8, 4) is 6.07 Å². The normalized spacial score (nSPS) is 13.0. The average Bonchev–Trinajstić information content (AvgIpc) is 3.45. The highest BCUT2D eigenvalue weighted by Crippen LogP contribution is 2.38. The van der Waals surface area contributed by atoms with Crippen LogP contribution in [0, 0.1) is 11.3 Å². The quantitative estimate of drug-likeness (QED) is 0.212. The Morgan fingerprint density at radius 3 is 2.47 bits per heavy atom. The first-order valence-corrected chi connectivity index (χ1v) is 12.3. The predicted octanol–water partition coefficient (Wildman–Crippen LogP) is 5.40. The second-order valence-corrected chi connectivity index (χ2v) is 9.82. The molecule has 4 N–H and O–H groups in total. The number of rotatable bonds is 8. The summed E-state index contributed by atoms with van der Waals surface area (Å²) in [5.74, 6) is 0. The number of fused-ring (bicyclic) bond motifs is 1. The zero-order valence-electron chi connectivity index (χ0n) is 20.7. The number of benzene rings is 2. The number of nitrogens with zero attached hydrogens (tertiary/aromatic N) is 5. The van der Waals surface area contributed by atoms with Crippen LogP contribution in [0.15, 0.2) is 79.4 Å². The lowest BCUT2D eigenvalue weighted by Crippen LogP contribution is -2.34. The predicted molar refractivity (Wildman–Crippen MR) is 147 cm³/mol. The minimum atomic E-state index is -1.15. The molecule has 0 aliphatic carbocycles. The van der Waals surface area contributed by atoms with E-state index in [1.54, 1.807) is 38.5 Å². The Bertz CT molecular complexity index is 1580. The molecule has 0 unspecified atom stereocenters. The summed E-state index contributed by atoms with van der Waals surface area (Å²) in [4.78, 5) is 8.70. The highest BCUT2D eigenvalue weighted by molar-refractivity contribution is 6.35. The number of halogens is 1. The van der Waals surface area contributed by atoms with Crippen molar-refractivity contribution in [2.75, 3.05) is 10.6 Å². The minimum Gasteiger partial charge on any atom is -0.388 e. The lowest BCUT2D eigenvalue weighted by atomic mass is 9.91. The third-order valence-electron chi connectivity index (χ3n) is 6.23. The van der Waals surface area contributed by atoms with Crippen LogP contribution in [0.25, 0.3) is 10.9 Å². The molecule has 5 rings (SSSR count). The first-order valence-electron chi connectivity index (χ1n) is 11.9. The summed E-state index contributed by atoms with van der Waals surface area (Å²) in [6.07, 6.45) is 6.59. The first kappa shape index (κ1) is 25.1. The minimum absolute atomic E-state index is 0.330. The number of anilines is 2. The number of pyridine rings is 2. The average molecular weight is 525 g/mol. The Kier molecular flexibility index (Phi) is 6.92. The summed E-state index contributed by atoms with van der Waals surface area (Å²) in [6, 6.07) is 18.4. The van der Waals surface area contributed by atoms with Crippen molar-refractivity contribution in [2.24, 2.45) is 0 Å². The van der Waals surface area contributed by atoms with E-state index in [4.69, 9.17) is 11.6 Å². The molecule has 190 valence electrons. The molecular weight excluding hydrogens is 500 g/mol. The Morgan fingerprint density at radius 1 is 1.03 bits per heavy atom. The maximum atomic E-state index is 11.1. The van der Waals surface area contributed by atoms with Gasteiger partial charge in [0.05, 0.1) is 45.7 Å². The van der Waals surface area contributed by atoms with Crippen LogP contribution < -0.4 is 10.6 Å². The summed E-state index contributed by atoms with van der Waals surface area (Å²) < 4.78 is 0. The van der Waals surface area contributed by atoms with Crippen LogP contribution in [0.1, 0.15) is 48.3 Å². The summed E-state index contributed by atoms with van der Waals surface area (Å²) in [6.45, 7) is 3.45. The van der Waals surface area contributed by atoms with Gasteiger partial charge in [0.15, 0.2) is 0 Å². The molecule has 0 radical (unpaired) electrons. The number of H-pyrrole nitrogens is 1. The van der Waals surface area contributed by atoms with E-state index < -0.39 is 11.6 Å². The molecule has 2 aromatic carbocycles. The number of aromatic amines is 1. The standard InChI is InChI=1S/C28H25ClN8O/c1-28(2,38)27(17-7-4-3-5-8-17)35-24-19(13-30)15-32-26-21(24)11-20(12-22(26)29)34-25(23-16-33-37-36-23)18-9-6-10-31-14-18/h3-12,14-16,25,27,34,38H,1-2H3,(H,32,35)(H,33,36,37)/t25-,27-/m0/s1. The van der Waals surface area contributed by atoms with Crippen LogP contribution in [-0.2, 0) is 0 Å². The van der Waals surface area contributed by atoms with Crippen LogP contribution in [0.5, 0.6) is 0 Å². The van der Waals surface area contributed by atoms with Gasteiger partial charge in [-0.1, -0.05) is 48.0 Å². The number of hydrogen-bond donors (Lipinski definition) is 4. The van der Waals surface area contributed by atoms with Gasteiger partial charge < -0.3 is 15.7 Å². The van der Waals surface area contributed by atoms with Crippen molar-refractivity contribution in [1.29, 1.82) is 5.26 Å². The zero-order valence-corrected chi connectivity index (χ0v) is 21.5. The molecular formula is C28H25ClN8O. The Labute approximate surface area is 224 Å². The van der Waals surface area contributed by atoms with Crippen molar-refractivity contribution in [3.63, 3.8) is 0 Å². The van der Waals surface area contributed by atoms with Gasteiger partial charge in [0.1, 0.15) is 11.8 Å². The Balaban J connectivity index is 1.63. The van der Waals surface area contributed by atoms with Gasteiger partial charge >= 0.3 is 0 Å². The fraction of sp³-hybridized carbons (Fsp3) is 0.179. The van der Waals surface area contributed by atoms with Gasteiger partial charge in [0, 0.05) is 29.7 Å². The molecule has 3 heterocycles. The number of aliphatic hydroxyl groups is 1. The topological polar surface area (TPSA) is 135 Å². The van der Waals surface area contributed by atoms with Crippen LogP contribution >= 0.6 is 11.6 Å². The van der Waals surface area contributed by atoms with Crippen LogP contribution in [0.3, 0.4) is 0 Å². The number of nitriles is 1. The van der Waals surface area contributed by atoms with Gasteiger partial charge in [0.25, 0.3) is 0 Å². The molecule has 0 bridgehead atoms. The van der Waals surface area contributed by atoms with Crippen LogP contribution in [0.4, 0.5) is 11.4 Å². The van der Waals surface area contributed by atoms with E-state index in [9.17, 15) is 10.4 Å². The number of hydrogen-bond acceptors (Lipinski definition) is 8. The Morgan fingerprint density at radius 2 is 1.82 bits per heavy atom. The zero-order chi connectivity index (χ0) is 26.7. The summed E-state index contributed by atoms with van der Waals surface area (Å²) >= 11 is 6.72. The van der Waals surface area contributed by atoms with Gasteiger partial charge in [0.2, 0.25) is 0 Å². The molecule has 0 saturated carbocycles. The fourth-order valence-corrected chi connectivity index (χ4v) is 4.70. The van der Waals surface area contributed by atoms with E-state index in [1.165, 1.54) is 6.20 Å². The van der Waals surface area contributed by atoms with Gasteiger partial charge in [-0.05, 0) is 43.2 Å². The van der Waals surface area contributed by atoms with Crippen LogP contribution in [-0.4, -0.2) is 36.1 Å². The van der Waals surface area contributed by atoms with Crippen molar-refractivity contribution >= 4 is 33.9 Å². The molecule has 2 atom stereocenters. The third-order valence-corrected chi connectivity index (χ3v) is 6.52. The second kappa shape index (κ2) is 10.5. The molecule has 0 spiro atoms. The van der Waals surface area contributed by atoms with E-state index in [0.29, 0.717) is 38.6 Å². The molecule has 9 nitrogen and oxygen atoms in total. The molecule has 38 heavy (non-hydrogen) atoms. The van der Waals surface area contributed by atoms with E-state index in [1.807, 2.05) is 48.5 Å². The van der Waals surface area contributed by atoms with Crippen molar-refractivity contribution < 1.29 is 5.11 Å². The maximum absolute atomic E-state index is 11.1. The monoisotopic (exact) mass is 524 g/mol. The summed E-state index contributed by atoms with van der Waals surface area (Å²) in [7, 11) is 0. The third kappa shape index (κ3) is 5.13. The van der Waals surface area contributed by atoms with Gasteiger partial charge in [-0.25, -0.2) is 0 Å². The molecule has 0 saturated heterocycles. The lowest BCUT2D eigenvalue weighted by molar-refractivity contribution is 0.0589. The molecule has 0 aliphatic rings. The van der Waals surface area contributed by atoms with Gasteiger partial charge in [-0.3, -0.25) is 9.97 Å². The Hall–Kier alpha value is -4.52. The fourth-order valence-electron chi connectivity index (χ4n) is 4.43. The van der Waals surface area contributed by atoms with Gasteiger partial charge in [-0.2, -0.15) is 20.7 Å². The largest absolute Gasteiger partial charge is 0.388 e. The van der Waals surface area contributed by atoms with Gasteiger partial charge in [-0.15, -0.1) is 0 Å². The van der Waals surface area contributed by atoms with E-state index in [-0.39, 0.29) is 6.04 Å². The SMILES string of the molecule is CC(C)(O)[C@@H](Nc1c(C#N)cnc2c(Cl)cc(N[C@@H](c3cccnc3)c3cn[nH]n3)cc12)c1ccccc1. The highest BCUT2D eigenvalue weighted by Gasteiger charge is 2.30. The van der Waals surface area contributed by atoms with Crippen molar-refractivity contribution in [1.82, 2.24) is 25.4 Å². The second-order valence-electron chi connectivity index (χ2n) is 9.41. The molecule has 0 amide bonds. The van der Waals surface area contributed by atoms with E-state index in [0.717, 1.165) is 11.1 Å². The first-order chi connectivity index (χ1) is 18.3. The van der Waals surface area contributed by atoms with E-state index >= 15 is 0 Å². The van der Waals surface area contributed by atoms with Crippen molar-refractivity contribution in [3.05, 3.63) is 107 Å². The smallest absolute Gasteiger partial charge is 0.109 e. The summed E-state index contributed by atoms with van der Waals surface area (Å²) in [5.41, 5.74) is 3.33. The molecule has 5 aromatic rings. The lowest BCUT2D eigenvalue weighted by Gasteiger charge is -2.32. The van der Waals surface area contributed by atoms with E-state index in [2.05, 4.69) is 42.1 Å². The molecule has 3 aromatic heterocycles. The van der Waals surface area contributed by atoms with Crippen LogP contribution in [0.2, 0.25) is 5.02 Å². The maximum Gasteiger partial charge on any atom is 0.109 e. The number of aromatic nitrogens is 5.